The molecule has 0 saturated carbocycles. The molecular formula is C8H16O5. The average Bonchev–Trinajstić information content (AvgIpc) is 2.17. The van der Waals surface area contributed by atoms with Crippen LogP contribution in [0.25, 0.3) is 0 Å². The van der Waals surface area contributed by atoms with Gasteiger partial charge in [0, 0.05) is 21.3 Å². The van der Waals surface area contributed by atoms with Gasteiger partial charge in [-0.1, -0.05) is 0 Å². The number of hydrogen-bond donors (Lipinski definition) is 1. The summed E-state index contributed by atoms with van der Waals surface area (Å²) in [5, 5.41) is 9.68. The minimum atomic E-state index is -0.811. The maximum atomic E-state index is 9.68. The van der Waals surface area contributed by atoms with Crippen molar-refractivity contribution in [1.29, 1.82) is 0 Å². The van der Waals surface area contributed by atoms with E-state index in [0.29, 0.717) is 6.61 Å². The maximum Gasteiger partial charge on any atom is 0.185 e. The highest BCUT2D eigenvalue weighted by Crippen LogP contribution is 2.19. The standard InChI is InChI=1S/C8H16O5/c1-10-5-4-13-8(12-3)6(9)7(5)11-2/h5-9H,4H2,1-3H3/t5-,6+,7-,8?/m1/s1. The summed E-state index contributed by atoms with van der Waals surface area (Å²) in [6, 6.07) is 0. The van der Waals surface area contributed by atoms with Crippen molar-refractivity contribution in [3.63, 3.8) is 0 Å². The fourth-order valence-corrected chi connectivity index (χ4v) is 1.46. The predicted molar refractivity (Wildman–Crippen MR) is 44.3 cm³/mol. The highest BCUT2D eigenvalue weighted by atomic mass is 16.7. The summed E-state index contributed by atoms with van der Waals surface area (Å²) in [5.74, 6) is 0. The van der Waals surface area contributed by atoms with Gasteiger partial charge in [-0.25, -0.2) is 0 Å². The van der Waals surface area contributed by atoms with E-state index in [1.807, 2.05) is 0 Å². The largest absolute Gasteiger partial charge is 0.385 e. The Morgan fingerprint density at radius 3 is 2.31 bits per heavy atom. The zero-order valence-corrected chi connectivity index (χ0v) is 8.10. The molecule has 1 saturated heterocycles. The van der Waals surface area contributed by atoms with Crippen LogP contribution in [0.2, 0.25) is 0 Å². The lowest BCUT2D eigenvalue weighted by Crippen LogP contribution is -2.54. The number of ether oxygens (including phenoxy) is 4. The van der Waals surface area contributed by atoms with Gasteiger partial charge in [-0.3, -0.25) is 0 Å². The number of aliphatic hydroxyl groups excluding tert-OH is 1. The summed E-state index contributed by atoms with van der Waals surface area (Å²) >= 11 is 0. The number of aliphatic hydroxyl groups is 1. The Morgan fingerprint density at radius 2 is 1.85 bits per heavy atom. The van der Waals surface area contributed by atoms with Crippen LogP contribution in [0.3, 0.4) is 0 Å². The van der Waals surface area contributed by atoms with Gasteiger partial charge in [0.1, 0.15) is 18.3 Å². The predicted octanol–water partition coefficient (Wildman–Crippen LogP) is -0.620. The third-order valence-corrected chi connectivity index (χ3v) is 2.21. The molecule has 1 aliphatic heterocycles. The van der Waals surface area contributed by atoms with Crippen LogP contribution >= 0.6 is 0 Å². The maximum absolute atomic E-state index is 9.68. The van der Waals surface area contributed by atoms with E-state index in [1.54, 1.807) is 7.11 Å². The second kappa shape index (κ2) is 4.88. The Morgan fingerprint density at radius 1 is 1.15 bits per heavy atom. The molecule has 0 spiro atoms. The van der Waals surface area contributed by atoms with E-state index >= 15 is 0 Å². The fraction of sp³-hybridized carbons (Fsp3) is 1.00. The van der Waals surface area contributed by atoms with Gasteiger partial charge in [-0.2, -0.15) is 0 Å². The Hall–Kier alpha value is -0.200. The Kier molecular flexibility index (Phi) is 4.08. The molecule has 1 rings (SSSR count). The molecular weight excluding hydrogens is 176 g/mol. The lowest BCUT2D eigenvalue weighted by atomic mass is 10.1. The highest BCUT2D eigenvalue weighted by molar-refractivity contribution is 4.84. The van der Waals surface area contributed by atoms with Crippen LogP contribution in [-0.4, -0.2) is 57.6 Å². The lowest BCUT2D eigenvalue weighted by Gasteiger charge is -2.37. The minimum absolute atomic E-state index is 0.244. The number of methoxy groups -OCH3 is 3. The van der Waals surface area contributed by atoms with Gasteiger partial charge in [-0.05, 0) is 0 Å². The van der Waals surface area contributed by atoms with E-state index in [2.05, 4.69) is 0 Å². The Labute approximate surface area is 77.5 Å². The summed E-state index contributed by atoms with van der Waals surface area (Å²) in [5.41, 5.74) is 0. The Bertz CT molecular complexity index is 151. The van der Waals surface area contributed by atoms with Crippen LogP contribution in [0.4, 0.5) is 0 Å². The fourth-order valence-electron chi connectivity index (χ4n) is 1.46. The van der Waals surface area contributed by atoms with Crippen LogP contribution in [0.5, 0.6) is 0 Å². The monoisotopic (exact) mass is 192 g/mol. The summed E-state index contributed by atoms with van der Waals surface area (Å²) < 4.78 is 20.3. The quantitative estimate of drug-likeness (QED) is 0.646. The normalized spacial score (nSPS) is 40.6. The molecule has 5 nitrogen and oxygen atoms in total. The van der Waals surface area contributed by atoms with Gasteiger partial charge in [0.15, 0.2) is 6.29 Å². The molecule has 0 aromatic carbocycles. The van der Waals surface area contributed by atoms with E-state index in [0.717, 1.165) is 0 Å². The molecule has 1 heterocycles. The molecule has 0 aliphatic carbocycles. The second-order valence-electron chi connectivity index (χ2n) is 2.90. The number of rotatable bonds is 3. The van der Waals surface area contributed by atoms with Crippen molar-refractivity contribution >= 4 is 0 Å². The zero-order chi connectivity index (χ0) is 9.84. The van der Waals surface area contributed by atoms with Gasteiger partial charge >= 0.3 is 0 Å². The van der Waals surface area contributed by atoms with Crippen molar-refractivity contribution in [2.75, 3.05) is 27.9 Å². The van der Waals surface area contributed by atoms with Gasteiger partial charge in [-0.15, -0.1) is 0 Å². The Balaban J connectivity index is 2.59. The molecule has 1 N–H and O–H groups in total. The van der Waals surface area contributed by atoms with Crippen molar-refractivity contribution < 1.29 is 24.1 Å². The van der Waals surface area contributed by atoms with Crippen molar-refractivity contribution in [3.8, 4) is 0 Å². The summed E-state index contributed by atoms with van der Waals surface area (Å²) in [6.07, 6.45) is -2.08. The molecule has 0 amide bonds. The van der Waals surface area contributed by atoms with Gasteiger partial charge in [0.25, 0.3) is 0 Å². The lowest BCUT2D eigenvalue weighted by molar-refractivity contribution is -0.270. The molecule has 1 unspecified atom stereocenters. The first kappa shape index (κ1) is 10.9. The summed E-state index contributed by atoms with van der Waals surface area (Å²) in [4.78, 5) is 0. The molecule has 4 atom stereocenters. The molecule has 0 bridgehead atoms. The minimum Gasteiger partial charge on any atom is -0.385 e. The van der Waals surface area contributed by atoms with Crippen molar-refractivity contribution in [2.24, 2.45) is 0 Å². The van der Waals surface area contributed by atoms with Crippen molar-refractivity contribution in [1.82, 2.24) is 0 Å². The van der Waals surface area contributed by atoms with E-state index in [1.165, 1.54) is 14.2 Å². The molecule has 78 valence electrons. The van der Waals surface area contributed by atoms with E-state index < -0.39 is 18.5 Å². The van der Waals surface area contributed by atoms with Crippen molar-refractivity contribution in [2.45, 2.75) is 24.6 Å². The average molecular weight is 192 g/mol. The smallest absolute Gasteiger partial charge is 0.185 e. The molecule has 1 aliphatic rings. The van der Waals surface area contributed by atoms with E-state index in [9.17, 15) is 5.11 Å². The molecule has 5 heteroatoms. The summed E-state index contributed by atoms with van der Waals surface area (Å²) in [6.45, 7) is 0.366. The van der Waals surface area contributed by atoms with Gasteiger partial charge in [0.05, 0.1) is 6.61 Å². The molecule has 0 aromatic heterocycles. The van der Waals surface area contributed by atoms with Crippen LogP contribution in [0.1, 0.15) is 0 Å². The number of hydrogen-bond acceptors (Lipinski definition) is 5. The first-order valence-corrected chi connectivity index (χ1v) is 4.12. The molecule has 13 heavy (non-hydrogen) atoms. The van der Waals surface area contributed by atoms with E-state index in [-0.39, 0.29) is 6.10 Å². The zero-order valence-electron chi connectivity index (χ0n) is 8.10. The van der Waals surface area contributed by atoms with Gasteiger partial charge in [0.2, 0.25) is 0 Å². The van der Waals surface area contributed by atoms with Crippen molar-refractivity contribution in [3.05, 3.63) is 0 Å². The topological polar surface area (TPSA) is 57.2 Å². The first-order chi connectivity index (χ1) is 6.24. The third-order valence-electron chi connectivity index (χ3n) is 2.21. The molecule has 1 fully saturated rings. The highest BCUT2D eigenvalue weighted by Gasteiger charge is 2.40. The SMILES string of the molecule is COC1OC[C@@H](OC)[C@@H](OC)[C@@H]1O. The first-order valence-electron chi connectivity index (χ1n) is 4.12. The van der Waals surface area contributed by atoms with Crippen LogP contribution in [0.15, 0.2) is 0 Å². The van der Waals surface area contributed by atoms with Crippen LogP contribution < -0.4 is 0 Å². The molecule has 0 radical (unpaired) electrons. The third kappa shape index (κ3) is 2.18. The van der Waals surface area contributed by atoms with E-state index in [4.69, 9.17) is 18.9 Å². The van der Waals surface area contributed by atoms with Gasteiger partial charge < -0.3 is 24.1 Å². The summed E-state index contributed by atoms with van der Waals surface area (Å²) in [7, 11) is 4.56. The molecule has 0 aromatic rings. The second-order valence-corrected chi connectivity index (χ2v) is 2.90. The van der Waals surface area contributed by atoms with Crippen LogP contribution in [0, 0.1) is 0 Å². The van der Waals surface area contributed by atoms with Crippen LogP contribution in [-0.2, 0) is 18.9 Å².